The van der Waals surface area contributed by atoms with Gasteiger partial charge in [0.25, 0.3) is 0 Å². The molecule has 0 atom stereocenters. The zero-order valence-electron chi connectivity index (χ0n) is 7.98. The Morgan fingerprint density at radius 2 is 1.69 bits per heavy atom. The van der Waals surface area contributed by atoms with Gasteiger partial charge in [-0.1, -0.05) is 17.7 Å². The molecule has 1 aromatic rings. The first-order valence-corrected chi connectivity index (χ1v) is 6.11. The first kappa shape index (κ1) is 13.3. The second kappa shape index (κ2) is 4.64. The Morgan fingerprint density at radius 3 is 2.12 bits per heavy atom. The molecule has 0 radical (unpaired) electrons. The molecule has 3 nitrogen and oxygen atoms in total. The van der Waals surface area contributed by atoms with Gasteiger partial charge < -0.3 is 0 Å². The second-order valence-corrected chi connectivity index (χ2v) is 5.42. The average Bonchev–Trinajstić information content (AvgIpc) is 2.15. The minimum Gasteiger partial charge on any atom is -0.189 e. The molecule has 0 heterocycles. The van der Waals surface area contributed by atoms with E-state index in [1.54, 1.807) is 19.1 Å². The van der Waals surface area contributed by atoms with Gasteiger partial charge in [0.05, 0.1) is 0 Å². The number of hydrogen-bond donors (Lipinski definition) is 0. The summed E-state index contributed by atoms with van der Waals surface area (Å²) >= 11 is 0.155. The molecule has 0 saturated heterocycles. The summed E-state index contributed by atoms with van der Waals surface area (Å²) < 4.78 is 60.5. The second-order valence-electron chi connectivity index (χ2n) is 2.86. The highest BCUT2D eigenvalue weighted by atomic mass is 32.3. The number of benzene rings is 1. The molecule has 0 aliphatic carbocycles. The molecule has 8 heteroatoms. The van der Waals surface area contributed by atoms with Gasteiger partial charge in [0.2, 0.25) is 0 Å². The summed E-state index contributed by atoms with van der Waals surface area (Å²) in [5.41, 5.74) is -4.49. The molecule has 0 unspecified atom stereocenters. The molecule has 0 aromatic heterocycles. The normalized spacial score (nSPS) is 12.8. The summed E-state index contributed by atoms with van der Waals surface area (Å²) in [5, 5.41) is 0. The molecular weight excluding hydrogens is 265 g/mol. The SMILES string of the molecule is Cc1ccc(SOS(=O)(=O)C(F)(F)F)cc1. The van der Waals surface area contributed by atoms with Crippen molar-refractivity contribution >= 4 is 22.2 Å². The van der Waals surface area contributed by atoms with E-state index in [9.17, 15) is 21.6 Å². The average molecular weight is 272 g/mol. The Balaban J connectivity index is 2.69. The molecule has 90 valence electrons. The van der Waals surface area contributed by atoms with Crippen LogP contribution in [0, 0.1) is 6.92 Å². The first-order valence-electron chi connectivity index (χ1n) is 3.96. The maximum absolute atomic E-state index is 11.9. The fraction of sp³-hybridized carbons (Fsp3) is 0.250. The number of alkyl halides is 3. The van der Waals surface area contributed by atoms with Crippen molar-refractivity contribution in [3.05, 3.63) is 29.8 Å². The Hall–Kier alpha value is -0.730. The van der Waals surface area contributed by atoms with Crippen LogP contribution < -0.4 is 0 Å². The smallest absolute Gasteiger partial charge is 0.189 e. The third-order valence-electron chi connectivity index (χ3n) is 1.52. The molecule has 0 bridgehead atoms. The van der Waals surface area contributed by atoms with Crippen LogP contribution >= 0.6 is 12.0 Å². The zero-order chi connectivity index (χ0) is 12.4. The van der Waals surface area contributed by atoms with E-state index in [2.05, 4.69) is 3.63 Å². The van der Waals surface area contributed by atoms with Gasteiger partial charge in [0.1, 0.15) is 0 Å². The van der Waals surface area contributed by atoms with Crippen LogP contribution in [0.5, 0.6) is 0 Å². The van der Waals surface area contributed by atoms with E-state index in [4.69, 9.17) is 0 Å². The fourth-order valence-corrected chi connectivity index (χ4v) is 1.94. The van der Waals surface area contributed by atoms with Gasteiger partial charge in [-0.15, -0.1) is 0 Å². The molecule has 0 N–H and O–H groups in total. The highest BCUT2D eigenvalue weighted by Gasteiger charge is 2.47. The van der Waals surface area contributed by atoms with Crippen LogP contribution in [0.3, 0.4) is 0 Å². The van der Waals surface area contributed by atoms with E-state index in [-0.39, 0.29) is 16.9 Å². The van der Waals surface area contributed by atoms with Crippen molar-refractivity contribution in [2.24, 2.45) is 0 Å². The van der Waals surface area contributed by atoms with Gasteiger partial charge in [-0.25, -0.2) is 0 Å². The van der Waals surface area contributed by atoms with E-state index in [1.165, 1.54) is 12.1 Å². The van der Waals surface area contributed by atoms with E-state index < -0.39 is 15.6 Å². The van der Waals surface area contributed by atoms with Gasteiger partial charge in [-0.3, -0.25) is 0 Å². The van der Waals surface area contributed by atoms with Gasteiger partial charge in [-0.05, 0) is 19.1 Å². The lowest BCUT2D eigenvalue weighted by Gasteiger charge is -2.06. The minimum absolute atomic E-state index is 0.155. The third kappa shape index (κ3) is 3.39. The number of aryl methyl sites for hydroxylation is 1. The fourth-order valence-electron chi connectivity index (χ4n) is 0.716. The molecule has 0 saturated carbocycles. The van der Waals surface area contributed by atoms with Crippen LogP contribution in [0.4, 0.5) is 13.2 Å². The van der Waals surface area contributed by atoms with Crippen molar-refractivity contribution in [2.75, 3.05) is 0 Å². The summed E-state index contributed by atoms with van der Waals surface area (Å²) in [6.07, 6.45) is 0. The topological polar surface area (TPSA) is 43.4 Å². The molecule has 0 spiro atoms. The van der Waals surface area contributed by atoms with E-state index in [1.807, 2.05) is 0 Å². The highest BCUT2D eigenvalue weighted by molar-refractivity contribution is 8.04. The summed E-state index contributed by atoms with van der Waals surface area (Å²) in [6, 6.07) is 6.19. The Morgan fingerprint density at radius 1 is 1.19 bits per heavy atom. The number of rotatable bonds is 3. The standard InChI is InChI=1S/C8H7F3O3S2/c1-6-2-4-7(5-3-6)15-14-16(12,13)8(9,10)11/h2-5H,1H3. The van der Waals surface area contributed by atoms with Crippen molar-refractivity contribution in [1.29, 1.82) is 0 Å². The number of halogens is 3. The van der Waals surface area contributed by atoms with E-state index >= 15 is 0 Å². The summed E-state index contributed by atoms with van der Waals surface area (Å²) in [4.78, 5) is 0.276. The molecular formula is C8H7F3O3S2. The Bertz CT molecular complexity index is 450. The van der Waals surface area contributed by atoms with Gasteiger partial charge in [0.15, 0.2) is 0 Å². The summed E-state index contributed by atoms with van der Waals surface area (Å²) in [5.74, 6) is 0. The molecule has 1 rings (SSSR count). The minimum atomic E-state index is -5.54. The monoisotopic (exact) mass is 272 g/mol. The largest absolute Gasteiger partial charge is 0.524 e. The maximum Gasteiger partial charge on any atom is 0.524 e. The van der Waals surface area contributed by atoms with E-state index in [0.717, 1.165) is 5.56 Å². The summed E-state index contributed by atoms with van der Waals surface area (Å²) in [7, 11) is -5.54. The maximum atomic E-state index is 11.9. The molecule has 0 fully saturated rings. The highest BCUT2D eigenvalue weighted by Crippen LogP contribution is 2.31. The number of hydrogen-bond acceptors (Lipinski definition) is 4. The Labute approximate surface area is 94.9 Å². The van der Waals surface area contributed by atoms with Crippen LogP contribution in [0.25, 0.3) is 0 Å². The first-order chi connectivity index (χ1) is 7.22. The van der Waals surface area contributed by atoms with Crippen molar-refractivity contribution in [2.45, 2.75) is 17.3 Å². The predicted molar refractivity (Wildman–Crippen MR) is 53.1 cm³/mol. The molecule has 1 aromatic carbocycles. The molecule has 0 aliphatic heterocycles. The van der Waals surface area contributed by atoms with Crippen LogP contribution in [0.1, 0.15) is 5.56 Å². The van der Waals surface area contributed by atoms with Gasteiger partial charge >= 0.3 is 15.6 Å². The van der Waals surface area contributed by atoms with Gasteiger partial charge in [-0.2, -0.15) is 25.2 Å². The van der Waals surface area contributed by atoms with Gasteiger partial charge in [0, 0.05) is 16.9 Å². The van der Waals surface area contributed by atoms with E-state index in [0.29, 0.717) is 0 Å². The molecule has 0 aliphatic rings. The van der Waals surface area contributed by atoms with Crippen LogP contribution in [0.15, 0.2) is 29.2 Å². The molecule has 0 amide bonds. The van der Waals surface area contributed by atoms with Crippen molar-refractivity contribution < 1.29 is 25.2 Å². The van der Waals surface area contributed by atoms with Crippen molar-refractivity contribution in [3.63, 3.8) is 0 Å². The van der Waals surface area contributed by atoms with Crippen LogP contribution in [-0.2, 0) is 13.7 Å². The summed E-state index contributed by atoms with van der Waals surface area (Å²) in [6.45, 7) is 1.79. The Kier molecular flexibility index (Phi) is 3.87. The van der Waals surface area contributed by atoms with Crippen molar-refractivity contribution in [1.82, 2.24) is 0 Å². The lowest BCUT2D eigenvalue weighted by molar-refractivity contribution is -0.0494. The quantitative estimate of drug-likeness (QED) is 0.627. The lowest BCUT2D eigenvalue weighted by Crippen LogP contribution is -2.23. The lowest BCUT2D eigenvalue weighted by atomic mass is 10.2. The van der Waals surface area contributed by atoms with Crippen molar-refractivity contribution in [3.8, 4) is 0 Å². The predicted octanol–water partition coefficient (Wildman–Crippen LogP) is 2.87. The van der Waals surface area contributed by atoms with Crippen LogP contribution in [0.2, 0.25) is 0 Å². The molecule has 16 heavy (non-hydrogen) atoms. The third-order valence-corrected chi connectivity index (χ3v) is 3.54. The van der Waals surface area contributed by atoms with Crippen LogP contribution in [-0.4, -0.2) is 13.9 Å². The zero-order valence-corrected chi connectivity index (χ0v) is 9.62.